The van der Waals surface area contributed by atoms with Gasteiger partial charge in [0.25, 0.3) is 0 Å². The highest BCUT2D eigenvalue weighted by molar-refractivity contribution is 5.93. The Morgan fingerprint density at radius 1 is 1.47 bits per heavy atom. The zero-order chi connectivity index (χ0) is 12.4. The Labute approximate surface area is 94.6 Å². The number of nitrogens with zero attached hydrogens (tertiary/aromatic N) is 6. The van der Waals surface area contributed by atoms with E-state index in [1.807, 2.05) is 0 Å². The molecule has 2 heterocycles. The summed E-state index contributed by atoms with van der Waals surface area (Å²) < 4.78 is 14.7. The van der Waals surface area contributed by atoms with Crippen molar-refractivity contribution in [1.82, 2.24) is 24.7 Å². The maximum absolute atomic E-state index is 13.7. The molecular formula is C8H8FN7O. The number of rotatable bonds is 2. The lowest BCUT2D eigenvalue weighted by Gasteiger charge is -2.01. The molecule has 0 aliphatic carbocycles. The summed E-state index contributed by atoms with van der Waals surface area (Å²) in [5.41, 5.74) is 5.48. The van der Waals surface area contributed by atoms with Crippen LogP contribution in [0.5, 0.6) is 0 Å². The average molecular weight is 237 g/mol. The van der Waals surface area contributed by atoms with Crippen LogP contribution in [0.3, 0.4) is 0 Å². The fourth-order valence-electron chi connectivity index (χ4n) is 1.13. The van der Waals surface area contributed by atoms with Crippen LogP contribution in [0, 0.1) is 12.7 Å². The first-order valence-corrected chi connectivity index (χ1v) is 4.50. The van der Waals surface area contributed by atoms with Crippen molar-refractivity contribution in [3.05, 3.63) is 30.0 Å². The maximum atomic E-state index is 13.7. The predicted octanol–water partition coefficient (Wildman–Crippen LogP) is -0.401. The molecule has 0 saturated heterocycles. The first-order chi connectivity index (χ1) is 8.13. The summed E-state index contributed by atoms with van der Waals surface area (Å²) in [6.07, 6.45) is 2.41. The quantitative estimate of drug-likeness (QED) is 0.318. The molecule has 0 spiro atoms. The number of hydrogen-bond donors (Lipinski definition) is 2. The van der Waals surface area contributed by atoms with E-state index >= 15 is 0 Å². The highest BCUT2D eigenvalue weighted by Gasteiger charge is 2.13. The molecule has 2 rings (SSSR count). The molecule has 0 saturated carbocycles. The molecule has 8 nitrogen and oxygen atoms in total. The highest BCUT2D eigenvalue weighted by Crippen LogP contribution is 2.10. The Bertz CT molecular complexity index is 579. The van der Waals surface area contributed by atoms with E-state index in [9.17, 15) is 4.39 Å². The van der Waals surface area contributed by atoms with Crippen LogP contribution in [0.25, 0.3) is 5.82 Å². The van der Waals surface area contributed by atoms with E-state index in [-0.39, 0.29) is 23.2 Å². The number of halogens is 1. The molecule has 0 fully saturated rings. The van der Waals surface area contributed by atoms with Gasteiger partial charge in [-0.15, -0.1) is 5.10 Å². The fourth-order valence-corrected chi connectivity index (χ4v) is 1.13. The monoisotopic (exact) mass is 237 g/mol. The summed E-state index contributed by atoms with van der Waals surface area (Å²) in [7, 11) is 0. The Hall–Kier alpha value is -2.58. The van der Waals surface area contributed by atoms with E-state index in [0.717, 1.165) is 4.68 Å². The molecule has 88 valence electrons. The summed E-state index contributed by atoms with van der Waals surface area (Å²) in [6.45, 7) is 1.50. The van der Waals surface area contributed by atoms with Gasteiger partial charge in [0.15, 0.2) is 11.6 Å². The SMILES string of the molecule is Cc1ncnc(-n2cnc(C(N)=NO)n2)c1F. The molecule has 0 aliphatic rings. The van der Waals surface area contributed by atoms with E-state index in [2.05, 4.69) is 25.2 Å². The van der Waals surface area contributed by atoms with Crippen molar-refractivity contribution < 1.29 is 9.60 Å². The van der Waals surface area contributed by atoms with Crippen molar-refractivity contribution in [2.45, 2.75) is 6.92 Å². The highest BCUT2D eigenvalue weighted by atomic mass is 19.1. The second-order valence-electron chi connectivity index (χ2n) is 3.09. The maximum Gasteiger partial charge on any atom is 0.220 e. The summed E-state index contributed by atoms with van der Waals surface area (Å²) >= 11 is 0. The Kier molecular flexibility index (Phi) is 2.65. The average Bonchev–Trinajstić information content (AvgIpc) is 2.81. The van der Waals surface area contributed by atoms with Crippen molar-refractivity contribution >= 4 is 5.84 Å². The molecule has 0 atom stereocenters. The van der Waals surface area contributed by atoms with E-state index in [4.69, 9.17) is 10.9 Å². The number of aromatic nitrogens is 5. The third-order valence-corrected chi connectivity index (χ3v) is 1.99. The van der Waals surface area contributed by atoms with Crippen LogP contribution >= 0.6 is 0 Å². The lowest BCUT2D eigenvalue weighted by molar-refractivity contribution is 0.318. The van der Waals surface area contributed by atoms with Crippen LogP contribution in [-0.4, -0.2) is 35.8 Å². The third-order valence-electron chi connectivity index (χ3n) is 1.99. The number of hydrogen-bond acceptors (Lipinski definition) is 6. The lowest BCUT2D eigenvalue weighted by Crippen LogP contribution is -2.15. The summed E-state index contributed by atoms with van der Waals surface area (Å²) in [6, 6.07) is 0. The van der Waals surface area contributed by atoms with E-state index < -0.39 is 5.82 Å². The fraction of sp³-hybridized carbons (Fsp3) is 0.125. The molecule has 0 unspecified atom stereocenters. The minimum absolute atomic E-state index is 0.0248. The third kappa shape index (κ3) is 1.89. The van der Waals surface area contributed by atoms with Crippen LogP contribution in [0.4, 0.5) is 4.39 Å². The van der Waals surface area contributed by atoms with Gasteiger partial charge in [-0.05, 0) is 6.92 Å². The Morgan fingerprint density at radius 2 is 2.24 bits per heavy atom. The van der Waals surface area contributed by atoms with Crippen molar-refractivity contribution in [2.24, 2.45) is 10.9 Å². The first kappa shape index (κ1) is 10.9. The van der Waals surface area contributed by atoms with Crippen molar-refractivity contribution in [2.75, 3.05) is 0 Å². The van der Waals surface area contributed by atoms with Gasteiger partial charge in [0, 0.05) is 0 Å². The van der Waals surface area contributed by atoms with Gasteiger partial charge in [-0.2, -0.15) is 4.68 Å². The Balaban J connectivity index is 2.48. The zero-order valence-electron chi connectivity index (χ0n) is 8.74. The van der Waals surface area contributed by atoms with Crippen molar-refractivity contribution in [3.8, 4) is 5.82 Å². The number of nitrogens with two attached hydrogens (primary N) is 1. The van der Waals surface area contributed by atoms with Gasteiger partial charge in [-0.25, -0.2) is 19.3 Å². The lowest BCUT2D eigenvalue weighted by atomic mass is 10.4. The van der Waals surface area contributed by atoms with Gasteiger partial charge in [0.1, 0.15) is 12.7 Å². The number of aryl methyl sites for hydroxylation is 1. The minimum atomic E-state index is -0.608. The molecular weight excluding hydrogens is 229 g/mol. The van der Waals surface area contributed by atoms with E-state index in [1.54, 1.807) is 0 Å². The van der Waals surface area contributed by atoms with Gasteiger partial charge in [-0.1, -0.05) is 5.16 Å². The molecule has 2 aromatic heterocycles. The molecule has 0 radical (unpaired) electrons. The minimum Gasteiger partial charge on any atom is -0.409 e. The molecule has 2 aromatic rings. The van der Waals surface area contributed by atoms with Crippen molar-refractivity contribution in [3.63, 3.8) is 0 Å². The van der Waals surface area contributed by atoms with Crippen LogP contribution in [0.2, 0.25) is 0 Å². The molecule has 0 aliphatic heterocycles. The largest absolute Gasteiger partial charge is 0.409 e. The zero-order valence-corrected chi connectivity index (χ0v) is 8.74. The first-order valence-electron chi connectivity index (χ1n) is 4.50. The number of amidine groups is 1. The van der Waals surface area contributed by atoms with Crippen molar-refractivity contribution in [1.29, 1.82) is 0 Å². The van der Waals surface area contributed by atoms with E-state index in [1.165, 1.54) is 19.6 Å². The standard InChI is InChI=1S/C8H8FN7O/c1-4-5(9)8(12-2-11-4)16-3-13-7(14-16)6(10)15-17/h2-3,17H,1H3,(H2,10,15). The van der Waals surface area contributed by atoms with Gasteiger partial charge >= 0.3 is 0 Å². The molecule has 0 aromatic carbocycles. The molecule has 9 heteroatoms. The summed E-state index contributed by atoms with van der Waals surface area (Å²) in [5, 5.41) is 15.0. The summed E-state index contributed by atoms with van der Waals surface area (Å²) in [4.78, 5) is 11.2. The normalized spacial score (nSPS) is 11.8. The second kappa shape index (κ2) is 4.12. The second-order valence-corrected chi connectivity index (χ2v) is 3.09. The topological polar surface area (TPSA) is 115 Å². The van der Waals surface area contributed by atoms with Gasteiger partial charge in [0.05, 0.1) is 5.69 Å². The molecule has 0 bridgehead atoms. The summed E-state index contributed by atoms with van der Waals surface area (Å²) in [5.74, 6) is -0.955. The van der Waals surface area contributed by atoms with Crippen LogP contribution in [-0.2, 0) is 0 Å². The van der Waals surface area contributed by atoms with Crippen LogP contribution in [0.1, 0.15) is 11.5 Å². The molecule has 17 heavy (non-hydrogen) atoms. The van der Waals surface area contributed by atoms with Crippen LogP contribution in [0.15, 0.2) is 17.8 Å². The molecule has 3 N–H and O–H groups in total. The Morgan fingerprint density at radius 3 is 2.94 bits per heavy atom. The van der Waals surface area contributed by atoms with E-state index in [0.29, 0.717) is 0 Å². The van der Waals surface area contributed by atoms with Gasteiger partial charge in [-0.3, -0.25) is 0 Å². The van der Waals surface area contributed by atoms with Gasteiger partial charge in [0.2, 0.25) is 11.7 Å². The van der Waals surface area contributed by atoms with Crippen LogP contribution < -0.4 is 5.73 Å². The predicted molar refractivity (Wildman–Crippen MR) is 54.2 cm³/mol. The number of oxime groups is 1. The van der Waals surface area contributed by atoms with Gasteiger partial charge < -0.3 is 10.9 Å². The smallest absolute Gasteiger partial charge is 0.220 e. The molecule has 0 amide bonds.